The average Bonchev–Trinajstić information content (AvgIpc) is 2.41. The molecule has 2 N–H and O–H groups in total. The number of benzene rings is 2. The summed E-state index contributed by atoms with van der Waals surface area (Å²) in [4.78, 5) is 0. The van der Waals surface area contributed by atoms with Gasteiger partial charge in [0.25, 0.3) is 0 Å². The van der Waals surface area contributed by atoms with Crippen LogP contribution in [0.4, 0.5) is 5.69 Å². The van der Waals surface area contributed by atoms with Crippen LogP contribution in [-0.4, -0.2) is 11.7 Å². The van der Waals surface area contributed by atoms with Crippen LogP contribution in [0.15, 0.2) is 53.0 Å². The highest BCUT2D eigenvalue weighted by Crippen LogP contribution is 2.17. The standard InChI is InChI=1S/C15H16BrNO/c16-15-7-2-1-5-13(15)8-9-17-14-6-3-4-12(10-14)11-18/h1-7,10,17-18H,8-9,11H2. The molecule has 0 aromatic heterocycles. The number of hydrogen-bond acceptors (Lipinski definition) is 2. The van der Waals surface area contributed by atoms with Crippen molar-refractivity contribution in [1.82, 2.24) is 0 Å². The summed E-state index contributed by atoms with van der Waals surface area (Å²) in [5.41, 5.74) is 3.28. The molecule has 0 atom stereocenters. The van der Waals surface area contributed by atoms with Gasteiger partial charge >= 0.3 is 0 Å². The predicted molar refractivity (Wildman–Crippen MR) is 78.7 cm³/mol. The molecule has 0 unspecified atom stereocenters. The van der Waals surface area contributed by atoms with Crippen LogP contribution < -0.4 is 5.32 Å². The topological polar surface area (TPSA) is 32.3 Å². The quantitative estimate of drug-likeness (QED) is 0.884. The lowest BCUT2D eigenvalue weighted by Gasteiger charge is -2.08. The zero-order valence-electron chi connectivity index (χ0n) is 10.1. The van der Waals surface area contributed by atoms with Gasteiger partial charge < -0.3 is 10.4 Å². The fraction of sp³-hybridized carbons (Fsp3) is 0.200. The molecule has 18 heavy (non-hydrogen) atoms. The van der Waals surface area contributed by atoms with Gasteiger partial charge in [-0.2, -0.15) is 0 Å². The third-order valence-electron chi connectivity index (χ3n) is 2.79. The number of nitrogens with one attached hydrogen (secondary N) is 1. The molecule has 0 spiro atoms. The van der Waals surface area contributed by atoms with Gasteiger partial charge in [0, 0.05) is 16.7 Å². The minimum Gasteiger partial charge on any atom is -0.392 e. The number of anilines is 1. The molecule has 0 saturated heterocycles. The van der Waals surface area contributed by atoms with Gasteiger partial charge in [-0.1, -0.05) is 46.3 Å². The summed E-state index contributed by atoms with van der Waals surface area (Å²) in [6, 6.07) is 16.1. The number of rotatable bonds is 5. The van der Waals surface area contributed by atoms with Gasteiger partial charge in [-0.05, 0) is 35.7 Å². The van der Waals surface area contributed by atoms with Gasteiger partial charge in [-0.15, -0.1) is 0 Å². The zero-order chi connectivity index (χ0) is 12.8. The lowest BCUT2D eigenvalue weighted by Crippen LogP contribution is -2.05. The zero-order valence-corrected chi connectivity index (χ0v) is 11.7. The first-order valence-electron chi connectivity index (χ1n) is 5.96. The SMILES string of the molecule is OCc1cccc(NCCc2ccccc2Br)c1. The van der Waals surface area contributed by atoms with Crippen molar-refractivity contribution in [3.8, 4) is 0 Å². The van der Waals surface area contributed by atoms with Crippen molar-refractivity contribution < 1.29 is 5.11 Å². The Hall–Kier alpha value is -1.32. The number of hydrogen-bond donors (Lipinski definition) is 2. The minimum absolute atomic E-state index is 0.0831. The van der Waals surface area contributed by atoms with E-state index < -0.39 is 0 Å². The fourth-order valence-corrected chi connectivity index (χ4v) is 2.31. The largest absolute Gasteiger partial charge is 0.392 e. The second-order valence-electron chi connectivity index (χ2n) is 4.13. The van der Waals surface area contributed by atoms with E-state index in [-0.39, 0.29) is 6.61 Å². The van der Waals surface area contributed by atoms with Gasteiger partial charge in [0.2, 0.25) is 0 Å². The average molecular weight is 306 g/mol. The highest BCUT2D eigenvalue weighted by atomic mass is 79.9. The predicted octanol–water partition coefficient (Wildman–Crippen LogP) is 3.60. The van der Waals surface area contributed by atoms with E-state index in [2.05, 4.69) is 33.4 Å². The summed E-state index contributed by atoms with van der Waals surface area (Å²) < 4.78 is 1.15. The molecule has 0 amide bonds. The molecule has 0 aliphatic heterocycles. The number of aliphatic hydroxyl groups is 1. The van der Waals surface area contributed by atoms with Gasteiger partial charge in [-0.3, -0.25) is 0 Å². The van der Waals surface area contributed by atoms with E-state index in [9.17, 15) is 0 Å². The maximum Gasteiger partial charge on any atom is 0.0682 e. The molecule has 0 aliphatic carbocycles. The van der Waals surface area contributed by atoms with E-state index in [4.69, 9.17) is 5.11 Å². The summed E-state index contributed by atoms with van der Waals surface area (Å²) >= 11 is 3.54. The van der Waals surface area contributed by atoms with Gasteiger partial charge in [0.05, 0.1) is 6.61 Å². The fourth-order valence-electron chi connectivity index (χ4n) is 1.82. The second-order valence-corrected chi connectivity index (χ2v) is 4.98. The highest BCUT2D eigenvalue weighted by molar-refractivity contribution is 9.10. The van der Waals surface area contributed by atoms with Crippen LogP contribution in [0.2, 0.25) is 0 Å². The van der Waals surface area contributed by atoms with Crippen molar-refractivity contribution in [2.24, 2.45) is 0 Å². The summed E-state index contributed by atoms with van der Waals surface area (Å²) in [6.07, 6.45) is 0.963. The third-order valence-corrected chi connectivity index (χ3v) is 3.56. The molecule has 0 aliphatic rings. The number of aliphatic hydroxyl groups excluding tert-OH is 1. The maximum atomic E-state index is 9.07. The Morgan fingerprint density at radius 3 is 2.67 bits per heavy atom. The molecular formula is C15H16BrNO. The van der Waals surface area contributed by atoms with Crippen LogP contribution in [0.1, 0.15) is 11.1 Å². The molecule has 3 heteroatoms. The lowest BCUT2D eigenvalue weighted by atomic mass is 10.1. The van der Waals surface area contributed by atoms with E-state index in [1.807, 2.05) is 36.4 Å². The van der Waals surface area contributed by atoms with Crippen molar-refractivity contribution in [2.45, 2.75) is 13.0 Å². The molecule has 0 saturated carbocycles. The molecule has 0 fully saturated rings. The molecule has 2 aromatic carbocycles. The maximum absolute atomic E-state index is 9.07. The molecule has 2 aromatic rings. The Balaban J connectivity index is 1.90. The summed E-state index contributed by atoms with van der Waals surface area (Å²) in [7, 11) is 0. The van der Waals surface area contributed by atoms with Crippen LogP contribution in [0.5, 0.6) is 0 Å². The first kappa shape index (κ1) is 13.1. The van der Waals surface area contributed by atoms with E-state index >= 15 is 0 Å². The Morgan fingerprint density at radius 2 is 1.89 bits per heavy atom. The first-order valence-corrected chi connectivity index (χ1v) is 6.76. The van der Waals surface area contributed by atoms with Crippen LogP contribution in [-0.2, 0) is 13.0 Å². The van der Waals surface area contributed by atoms with Crippen LogP contribution in [0.25, 0.3) is 0 Å². The van der Waals surface area contributed by atoms with Gasteiger partial charge in [0.15, 0.2) is 0 Å². The molecule has 0 radical (unpaired) electrons. The van der Waals surface area contributed by atoms with Crippen molar-refractivity contribution in [1.29, 1.82) is 0 Å². The van der Waals surface area contributed by atoms with Crippen LogP contribution in [0, 0.1) is 0 Å². The molecule has 2 rings (SSSR count). The van der Waals surface area contributed by atoms with E-state index in [0.717, 1.165) is 28.7 Å². The van der Waals surface area contributed by atoms with Crippen LogP contribution >= 0.6 is 15.9 Å². The van der Waals surface area contributed by atoms with E-state index in [0.29, 0.717) is 0 Å². The van der Waals surface area contributed by atoms with Gasteiger partial charge in [0.1, 0.15) is 0 Å². The Bertz CT molecular complexity index is 513. The lowest BCUT2D eigenvalue weighted by molar-refractivity contribution is 0.282. The van der Waals surface area contributed by atoms with Gasteiger partial charge in [-0.25, -0.2) is 0 Å². The van der Waals surface area contributed by atoms with Crippen LogP contribution in [0.3, 0.4) is 0 Å². The summed E-state index contributed by atoms with van der Waals surface area (Å²) in [5.74, 6) is 0. The van der Waals surface area contributed by atoms with Crippen molar-refractivity contribution in [3.05, 3.63) is 64.1 Å². The monoisotopic (exact) mass is 305 g/mol. The minimum atomic E-state index is 0.0831. The highest BCUT2D eigenvalue weighted by Gasteiger charge is 1.99. The Morgan fingerprint density at radius 1 is 1.06 bits per heavy atom. The Labute approximate surface area is 116 Å². The van der Waals surface area contributed by atoms with E-state index in [1.165, 1.54) is 5.56 Å². The smallest absolute Gasteiger partial charge is 0.0682 e. The molecule has 94 valence electrons. The molecule has 0 heterocycles. The Kier molecular flexibility index (Phi) is 4.79. The number of halogens is 1. The molecule has 0 bridgehead atoms. The molecule has 2 nitrogen and oxygen atoms in total. The molecular weight excluding hydrogens is 290 g/mol. The van der Waals surface area contributed by atoms with Crippen molar-refractivity contribution in [3.63, 3.8) is 0 Å². The van der Waals surface area contributed by atoms with E-state index in [1.54, 1.807) is 0 Å². The second kappa shape index (κ2) is 6.57. The summed E-state index contributed by atoms with van der Waals surface area (Å²) in [5, 5.41) is 12.4. The first-order chi connectivity index (χ1) is 8.79. The summed E-state index contributed by atoms with van der Waals surface area (Å²) in [6.45, 7) is 0.956. The van der Waals surface area contributed by atoms with Crippen molar-refractivity contribution in [2.75, 3.05) is 11.9 Å². The van der Waals surface area contributed by atoms with Crippen molar-refractivity contribution >= 4 is 21.6 Å². The third kappa shape index (κ3) is 3.59. The normalized spacial score (nSPS) is 10.3.